The molecule has 0 amide bonds. The van der Waals surface area contributed by atoms with Gasteiger partial charge in [0.2, 0.25) is 0 Å². The van der Waals surface area contributed by atoms with Gasteiger partial charge in [0.05, 0.1) is 22.8 Å². The van der Waals surface area contributed by atoms with E-state index in [0.717, 1.165) is 11.1 Å². The average molecular weight is 243 g/mol. The molecule has 0 spiro atoms. The first-order chi connectivity index (χ1) is 9.28. The lowest BCUT2D eigenvalue weighted by Gasteiger charge is -2.06. The summed E-state index contributed by atoms with van der Waals surface area (Å²) in [7, 11) is 0. The maximum atomic E-state index is 9.14. The Kier molecular flexibility index (Phi) is 3.58. The number of rotatable bonds is 2. The first kappa shape index (κ1) is 12.4. The maximum absolute atomic E-state index is 9.14. The van der Waals surface area contributed by atoms with E-state index in [2.05, 4.69) is 6.07 Å². The predicted octanol–water partition coefficient (Wildman–Crippen LogP) is 2.89. The molecule has 0 radical (unpaired) electrons. The van der Waals surface area contributed by atoms with Gasteiger partial charge in [-0.2, -0.15) is 15.8 Å². The summed E-state index contributed by atoms with van der Waals surface area (Å²) in [5.41, 5.74) is 2.83. The molecule has 0 aliphatic carbocycles. The molecule has 19 heavy (non-hydrogen) atoms. The Labute approximate surface area is 111 Å². The van der Waals surface area contributed by atoms with Crippen LogP contribution in [0.4, 0.5) is 0 Å². The molecule has 0 fully saturated rings. The molecule has 0 N–H and O–H groups in total. The third-order valence-corrected chi connectivity index (χ3v) is 2.84. The van der Waals surface area contributed by atoms with Crippen molar-refractivity contribution in [2.45, 2.75) is 6.42 Å². The lowest BCUT2D eigenvalue weighted by atomic mass is 9.95. The van der Waals surface area contributed by atoms with Crippen molar-refractivity contribution in [3.05, 3.63) is 70.3 Å². The molecule has 0 aromatic heterocycles. The van der Waals surface area contributed by atoms with Crippen LogP contribution in [0.25, 0.3) is 0 Å². The molecule has 0 saturated carbocycles. The van der Waals surface area contributed by atoms with E-state index in [4.69, 9.17) is 15.8 Å². The van der Waals surface area contributed by atoms with Crippen molar-refractivity contribution < 1.29 is 0 Å². The van der Waals surface area contributed by atoms with Crippen LogP contribution in [0.2, 0.25) is 0 Å². The molecule has 0 aliphatic heterocycles. The minimum absolute atomic E-state index is 0.246. The highest BCUT2D eigenvalue weighted by Gasteiger charge is 2.10. The molecule has 2 aromatic rings. The van der Waals surface area contributed by atoms with Crippen LogP contribution in [-0.2, 0) is 6.42 Å². The van der Waals surface area contributed by atoms with Crippen LogP contribution < -0.4 is 0 Å². The van der Waals surface area contributed by atoms with Crippen molar-refractivity contribution in [3.63, 3.8) is 0 Å². The Balaban J connectivity index is 2.50. The zero-order valence-corrected chi connectivity index (χ0v) is 10.1. The minimum Gasteiger partial charge on any atom is -0.192 e. The summed E-state index contributed by atoms with van der Waals surface area (Å²) < 4.78 is 0. The summed E-state index contributed by atoms with van der Waals surface area (Å²) in [6, 6.07) is 18.8. The summed E-state index contributed by atoms with van der Waals surface area (Å²) in [4.78, 5) is 0. The predicted molar refractivity (Wildman–Crippen MR) is 69.8 cm³/mol. The van der Waals surface area contributed by atoms with E-state index in [1.165, 1.54) is 6.07 Å². The Morgan fingerprint density at radius 2 is 1.32 bits per heavy atom. The van der Waals surface area contributed by atoms with Gasteiger partial charge < -0.3 is 0 Å². The Morgan fingerprint density at radius 3 is 1.89 bits per heavy atom. The van der Waals surface area contributed by atoms with Crippen LogP contribution in [0.5, 0.6) is 0 Å². The lowest BCUT2D eigenvalue weighted by Crippen LogP contribution is -1.96. The Morgan fingerprint density at radius 1 is 0.737 bits per heavy atom. The number of hydrogen-bond donors (Lipinski definition) is 0. The first-order valence-electron chi connectivity index (χ1n) is 5.69. The standard InChI is InChI=1S/C16H9N3/c17-9-14-8-16(11-19)15(10-18)7-13(14)6-12-4-2-1-3-5-12/h1-5,7-8H,6H2. The highest BCUT2D eigenvalue weighted by Crippen LogP contribution is 2.19. The SMILES string of the molecule is N#Cc1cc(C#N)c(Cc2ccccc2)cc1C#N. The molecule has 0 unspecified atom stereocenters. The molecule has 88 valence electrons. The molecule has 0 aliphatic rings. The van der Waals surface area contributed by atoms with Gasteiger partial charge in [-0.05, 0) is 29.7 Å². The van der Waals surface area contributed by atoms with E-state index in [1.807, 2.05) is 42.5 Å². The first-order valence-corrected chi connectivity index (χ1v) is 5.69. The fourth-order valence-corrected chi connectivity index (χ4v) is 1.90. The minimum atomic E-state index is 0.246. The molecule has 2 rings (SSSR count). The van der Waals surface area contributed by atoms with E-state index in [-0.39, 0.29) is 5.56 Å². The lowest BCUT2D eigenvalue weighted by molar-refractivity contribution is 1.17. The molecule has 0 heterocycles. The van der Waals surface area contributed by atoms with Crippen molar-refractivity contribution in [2.75, 3.05) is 0 Å². The second kappa shape index (κ2) is 5.50. The monoisotopic (exact) mass is 243 g/mol. The van der Waals surface area contributed by atoms with Crippen LogP contribution in [0, 0.1) is 34.0 Å². The van der Waals surface area contributed by atoms with Crippen LogP contribution in [-0.4, -0.2) is 0 Å². The highest BCUT2D eigenvalue weighted by molar-refractivity contribution is 5.54. The van der Waals surface area contributed by atoms with Crippen molar-refractivity contribution in [1.29, 1.82) is 15.8 Å². The Bertz CT molecular complexity index is 726. The summed E-state index contributed by atoms with van der Waals surface area (Å²) >= 11 is 0. The van der Waals surface area contributed by atoms with Gasteiger partial charge in [0, 0.05) is 0 Å². The number of benzene rings is 2. The van der Waals surface area contributed by atoms with Gasteiger partial charge >= 0.3 is 0 Å². The van der Waals surface area contributed by atoms with Gasteiger partial charge in [-0.15, -0.1) is 0 Å². The normalized spacial score (nSPS) is 9.11. The van der Waals surface area contributed by atoms with Gasteiger partial charge in [0.15, 0.2) is 0 Å². The number of nitrogens with zero attached hydrogens (tertiary/aromatic N) is 3. The second-order valence-corrected chi connectivity index (χ2v) is 4.05. The van der Waals surface area contributed by atoms with Gasteiger partial charge in [-0.25, -0.2) is 0 Å². The number of hydrogen-bond acceptors (Lipinski definition) is 3. The third kappa shape index (κ3) is 2.60. The highest BCUT2D eigenvalue weighted by atomic mass is 14.3. The molecular weight excluding hydrogens is 234 g/mol. The third-order valence-electron chi connectivity index (χ3n) is 2.84. The van der Waals surface area contributed by atoms with Gasteiger partial charge in [0.25, 0.3) is 0 Å². The molecular formula is C16H9N3. The zero-order chi connectivity index (χ0) is 13.7. The van der Waals surface area contributed by atoms with Crippen LogP contribution in [0.15, 0.2) is 42.5 Å². The van der Waals surface area contributed by atoms with Crippen molar-refractivity contribution in [2.24, 2.45) is 0 Å². The zero-order valence-electron chi connectivity index (χ0n) is 10.1. The van der Waals surface area contributed by atoms with Crippen molar-refractivity contribution in [1.82, 2.24) is 0 Å². The van der Waals surface area contributed by atoms with Gasteiger partial charge in [-0.3, -0.25) is 0 Å². The van der Waals surface area contributed by atoms with Crippen LogP contribution in [0.3, 0.4) is 0 Å². The van der Waals surface area contributed by atoms with E-state index >= 15 is 0 Å². The topological polar surface area (TPSA) is 71.4 Å². The van der Waals surface area contributed by atoms with E-state index in [1.54, 1.807) is 6.07 Å². The smallest absolute Gasteiger partial charge is 0.101 e. The van der Waals surface area contributed by atoms with Crippen LogP contribution in [0.1, 0.15) is 27.8 Å². The quantitative estimate of drug-likeness (QED) is 0.814. The fourth-order valence-electron chi connectivity index (χ4n) is 1.90. The number of nitriles is 3. The Hall–Kier alpha value is -3.09. The molecule has 2 aromatic carbocycles. The summed E-state index contributed by atoms with van der Waals surface area (Å²) in [6.45, 7) is 0. The van der Waals surface area contributed by atoms with Crippen molar-refractivity contribution in [3.8, 4) is 18.2 Å². The van der Waals surface area contributed by atoms with Gasteiger partial charge in [0.1, 0.15) is 12.1 Å². The summed E-state index contributed by atoms with van der Waals surface area (Å²) in [5.74, 6) is 0. The average Bonchev–Trinajstić information content (AvgIpc) is 2.47. The van der Waals surface area contributed by atoms with E-state index in [9.17, 15) is 0 Å². The maximum Gasteiger partial charge on any atom is 0.101 e. The van der Waals surface area contributed by atoms with E-state index in [0.29, 0.717) is 17.5 Å². The largest absolute Gasteiger partial charge is 0.192 e. The molecule has 3 heteroatoms. The van der Waals surface area contributed by atoms with Crippen molar-refractivity contribution >= 4 is 0 Å². The summed E-state index contributed by atoms with van der Waals surface area (Å²) in [6.07, 6.45) is 0.574. The van der Waals surface area contributed by atoms with E-state index < -0.39 is 0 Å². The second-order valence-electron chi connectivity index (χ2n) is 4.05. The fraction of sp³-hybridized carbons (Fsp3) is 0.0625. The van der Waals surface area contributed by atoms with Gasteiger partial charge in [-0.1, -0.05) is 30.3 Å². The molecule has 0 atom stereocenters. The van der Waals surface area contributed by atoms with Crippen LogP contribution >= 0.6 is 0 Å². The molecule has 0 bridgehead atoms. The molecule has 3 nitrogen and oxygen atoms in total. The summed E-state index contributed by atoms with van der Waals surface area (Å²) in [5, 5.41) is 27.1. The molecule has 0 saturated heterocycles.